The maximum atomic E-state index is 13.0. The summed E-state index contributed by atoms with van der Waals surface area (Å²) in [4.78, 5) is 0.210. The molecule has 2 aromatic rings. The fourth-order valence-electron chi connectivity index (χ4n) is 1.40. The summed E-state index contributed by atoms with van der Waals surface area (Å²) in [6, 6.07) is 7.94. The van der Waals surface area contributed by atoms with Gasteiger partial charge < -0.3 is 10.5 Å². The number of thiocarbonyl (C=S) groups is 1. The van der Waals surface area contributed by atoms with Crippen LogP contribution < -0.4 is 10.5 Å². The number of hydrogen-bond donors (Lipinski definition) is 1. The predicted octanol–water partition coefficient (Wildman–Crippen LogP) is 4.04. The number of rotatable bonds is 3. The van der Waals surface area contributed by atoms with Crippen molar-refractivity contribution in [3.05, 3.63) is 58.6 Å². The lowest BCUT2D eigenvalue weighted by molar-refractivity contribution is 0.461. The second-order valence-electron chi connectivity index (χ2n) is 3.69. The number of halogens is 3. The summed E-state index contributed by atoms with van der Waals surface area (Å²) in [6.45, 7) is 0. The quantitative estimate of drug-likeness (QED) is 0.869. The van der Waals surface area contributed by atoms with Crippen LogP contribution in [-0.4, -0.2) is 4.99 Å². The number of nitrogens with two attached hydrogens (primary N) is 1. The zero-order chi connectivity index (χ0) is 14.0. The van der Waals surface area contributed by atoms with Gasteiger partial charge in [-0.3, -0.25) is 0 Å². The van der Waals surface area contributed by atoms with E-state index in [0.717, 1.165) is 12.1 Å². The molecule has 2 aromatic carbocycles. The molecule has 2 N–H and O–H groups in total. The van der Waals surface area contributed by atoms with E-state index in [1.165, 1.54) is 6.07 Å². The molecule has 19 heavy (non-hydrogen) atoms. The van der Waals surface area contributed by atoms with E-state index in [0.29, 0.717) is 11.3 Å². The molecule has 0 spiro atoms. The molecule has 2 rings (SSSR count). The summed E-state index contributed by atoms with van der Waals surface area (Å²) in [5.41, 5.74) is 6.06. The third-order valence-electron chi connectivity index (χ3n) is 2.34. The van der Waals surface area contributed by atoms with Crippen LogP contribution in [0.2, 0.25) is 5.02 Å². The molecule has 0 aliphatic heterocycles. The molecule has 0 aliphatic rings. The van der Waals surface area contributed by atoms with Crippen molar-refractivity contribution in [2.45, 2.75) is 0 Å². The van der Waals surface area contributed by atoms with E-state index in [2.05, 4.69) is 0 Å². The smallest absolute Gasteiger partial charge is 0.162 e. The highest BCUT2D eigenvalue weighted by Gasteiger charge is 2.08. The van der Waals surface area contributed by atoms with Crippen LogP contribution in [0.1, 0.15) is 5.56 Å². The molecular formula is C13H8ClF2NOS. The van der Waals surface area contributed by atoms with Crippen molar-refractivity contribution in [3.63, 3.8) is 0 Å². The molecule has 6 heteroatoms. The molecule has 0 atom stereocenters. The van der Waals surface area contributed by atoms with Crippen molar-refractivity contribution < 1.29 is 13.5 Å². The van der Waals surface area contributed by atoms with Gasteiger partial charge in [0.05, 0.1) is 5.02 Å². The monoisotopic (exact) mass is 299 g/mol. The standard InChI is InChI=1S/C13H8ClF2NOS/c14-9-5-7(13(17)19)1-4-12(9)18-8-2-3-10(15)11(16)6-8/h1-6H,(H2,17,19). The molecule has 0 aliphatic carbocycles. The topological polar surface area (TPSA) is 35.2 Å². The van der Waals surface area contributed by atoms with Crippen molar-refractivity contribution in [2.75, 3.05) is 0 Å². The molecular weight excluding hydrogens is 292 g/mol. The first kappa shape index (κ1) is 13.7. The van der Waals surface area contributed by atoms with Crippen LogP contribution in [0, 0.1) is 11.6 Å². The van der Waals surface area contributed by atoms with E-state index in [1.807, 2.05) is 0 Å². The largest absolute Gasteiger partial charge is 0.456 e. The van der Waals surface area contributed by atoms with Gasteiger partial charge in [-0.05, 0) is 30.3 Å². The van der Waals surface area contributed by atoms with Gasteiger partial charge in [-0.1, -0.05) is 23.8 Å². The summed E-state index contributed by atoms with van der Waals surface area (Å²) < 4.78 is 31.2. The fourth-order valence-corrected chi connectivity index (χ4v) is 1.75. The fraction of sp³-hybridized carbons (Fsp3) is 0. The molecule has 0 saturated carbocycles. The highest BCUT2D eigenvalue weighted by Crippen LogP contribution is 2.30. The Balaban J connectivity index is 2.28. The lowest BCUT2D eigenvalue weighted by Crippen LogP contribution is -2.08. The van der Waals surface area contributed by atoms with E-state index in [1.54, 1.807) is 18.2 Å². The lowest BCUT2D eigenvalue weighted by atomic mass is 10.2. The SMILES string of the molecule is NC(=S)c1ccc(Oc2ccc(F)c(F)c2)c(Cl)c1. The van der Waals surface area contributed by atoms with E-state index in [4.69, 9.17) is 34.3 Å². The molecule has 0 bridgehead atoms. The van der Waals surface area contributed by atoms with Crippen LogP contribution in [0.3, 0.4) is 0 Å². The number of ether oxygens (including phenoxy) is 1. The van der Waals surface area contributed by atoms with Crippen molar-refractivity contribution in [2.24, 2.45) is 5.73 Å². The van der Waals surface area contributed by atoms with Gasteiger partial charge in [0, 0.05) is 11.6 Å². The number of benzene rings is 2. The summed E-state index contributed by atoms with van der Waals surface area (Å²) in [6.07, 6.45) is 0. The highest BCUT2D eigenvalue weighted by molar-refractivity contribution is 7.80. The second-order valence-corrected chi connectivity index (χ2v) is 4.53. The van der Waals surface area contributed by atoms with Gasteiger partial charge in [-0.25, -0.2) is 8.78 Å². The molecule has 0 unspecified atom stereocenters. The summed E-state index contributed by atoms with van der Waals surface area (Å²) in [7, 11) is 0. The molecule has 98 valence electrons. The van der Waals surface area contributed by atoms with Crippen LogP contribution >= 0.6 is 23.8 Å². The molecule has 0 radical (unpaired) electrons. The first-order valence-corrected chi connectivity index (χ1v) is 5.98. The Morgan fingerprint density at radius 1 is 1.11 bits per heavy atom. The minimum Gasteiger partial charge on any atom is -0.456 e. The predicted molar refractivity (Wildman–Crippen MR) is 73.8 cm³/mol. The zero-order valence-electron chi connectivity index (χ0n) is 9.49. The average Bonchev–Trinajstić information content (AvgIpc) is 2.36. The van der Waals surface area contributed by atoms with Crippen molar-refractivity contribution in [1.82, 2.24) is 0 Å². The first-order chi connectivity index (χ1) is 8.97. The van der Waals surface area contributed by atoms with Crippen LogP contribution in [0.5, 0.6) is 11.5 Å². The summed E-state index contributed by atoms with van der Waals surface area (Å²) >= 11 is 10.8. The van der Waals surface area contributed by atoms with Crippen LogP contribution in [0.25, 0.3) is 0 Å². The van der Waals surface area contributed by atoms with Gasteiger partial charge in [0.25, 0.3) is 0 Å². The van der Waals surface area contributed by atoms with E-state index >= 15 is 0 Å². The maximum Gasteiger partial charge on any atom is 0.162 e. The van der Waals surface area contributed by atoms with Crippen LogP contribution in [-0.2, 0) is 0 Å². The zero-order valence-corrected chi connectivity index (χ0v) is 11.1. The van der Waals surface area contributed by atoms with E-state index in [9.17, 15) is 8.78 Å². The maximum absolute atomic E-state index is 13.0. The molecule has 0 heterocycles. The van der Waals surface area contributed by atoms with Gasteiger partial charge in [-0.2, -0.15) is 0 Å². The molecule has 2 nitrogen and oxygen atoms in total. The lowest BCUT2D eigenvalue weighted by Gasteiger charge is -2.09. The van der Waals surface area contributed by atoms with E-state index < -0.39 is 11.6 Å². The minimum absolute atomic E-state index is 0.142. The van der Waals surface area contributed by atoms with Gasteiger partial charge in [-0.15, -0.1) is 0 Å². The molecule has 0 saturated heterocycles. The van der Waals surface area contributed by atoms with Crippen molar-refractivity contribution >= 4 is 28.8 Å². The third kappa shape index (κ3) is 3.19. The Kier molecular flexibility index (Phi) is 3.97. The van der Waals surface area contributed by atoms with Crippen molar-refractivity contribution in [1.29, 1.82) is 0 Å². The molecule has 0 amide bonds. The Morgan fingerprint density at radius 2 is 1.84 bits per heavy atom. The second kappa shape index (κ2) is 5.50. The van der Waals surface area contributed by atoms with Gasteiger partial charge in [0.15, 0.2) is 11.6 Å². The number of hydrogen-bond acceptors (Lipinski definition) is 2. The third-order valence-corrected chi connectivity index (χ3v) is 2.87. The Bertz CT molecular complexity index is 649. The summed E-state index contributed by atoms with van der Waals surface area (Å²) in [5, 5.41) is 0.273. The van der Waals surface area contributed by atoms with Gasteiger partial charge in [0.1, 0.15) is 16.5 Å². The van der Waals surface area contributed by atoms with Crippen LogP contribution in [0.15, 0.2) is 36.4 Å². The Labute approximate surface area is 118 Å². The minimum atomic E-state index is -0.992. The molecule has 0 fully saturated rings. The first-order valence-electron chi connectivity index (χ1n) is 5.19. The van der Waals surface area contributed by atoms with Gasteiger partial charge in [0.2, 0.25) is 0 Å². The summed E-state index contributed by atoms with van der Waals surface area (Å²) in [5.74, 6) is -1.49. The van der Waals surface area contributed by atoms with Crippen LogP contribution in [0.4, 0.5) is 8.78 Å². The normalized spacial score (nSPS) is 10.3. The van der Waals surface area contributed by atoms with Crippen molar-refractivity contribution in [3.8, 4) is 11.5 Å². The Morgan fingerprint density at radius 3 is 2.42 bits per heavy atom. The van der Waals surface area contributed by atoms with Gasteiger partial charge >= 0.3 is 0 Å². The average molecular weight is 300 g/mol. The molecule has 0 aromatic heterocycles. The van der Waals surface area contributed by atoms with E-state index in [-0.39, 0.29) is 15.8 Å². The highest BCUT2D eigenvalue weighted by atomic mass is 35.5. The Hall–Kier alpha value is -1.72.